The number of rotatable bonds is 4. The van der Waals surface area contributed by atoms with E-state index >= 15 is 0 Å². The summed E-state index contributed by atoms with van der Waals surface area (Å²) in [5.74, 6) is 3.19. The third kappa shape index (κ3) is 3.60. The number of hydrogen-bond donors (Lipinski definition) is 1. The standard InChI is InChI=1S/C23H33N5O2/c1-23(2,3)28-22(24)17(20(25-28)16-7-8-16)15-26-9-11-27(12-10-26)18-5-4-6-19-21(18)30-14-13-29-19/h4-6,16H,7-15,24H2,1-3H3. The fraction of sp³-hybridized carbons (Fsp3) is 0.609. The molecule has 5 rings (SSSR count). The van der Waals surface area contributed by atoms with E-state index in [0.29, 0.717) is 19.1 Å². The number of ether oxygens (including phenoxy) is 2. The second-order valence-corrected chi connectivity index (χ2v) is 9.67. The first-order valence-electron chi connectivity index (χ1n) is 11.2. The van der Waals surface area contributed by atoms with Crippen LogP contribution in [0, 0.1) is 0 Å². The van der Waals surface area contributed by atoms with Crippen LogP contribution in [0.25, 0.3) is 0 Å². The van der Waals surface area contributed by atoms with Crippen LogP contribution in [0.3, 0.4) is 0 Å². The van der Waals surface area contributed by atoms with Crippen molar-refractivity contribution < 1.29 is 9.47 Å². The van der Waals surface area contributed by atoms with Gasteiger partial charge >= 0.3 is 0 Å². The van der Waals surface area contributed by atoms with E-state index in [1.54, 1.807) is 0 Å². The van der Waals surface area contributed by atoms with Crippen LogP contribution in [0.4, 0.5) is 11.5 Å². The Morgan fingerprint density at radius 1 is 1.07 bits per heavy atom. The zero-order chi connectivity index (χ0) is 20.9. The van der Waals surface area contributed by atoms with E-state index < -0.39 is 0 Å². The second-order valence-electron chi connectivity index (χ2n) is 9.67. The molecule has 7 nitrogen and oxygen atoms in total. The topological polar surface area (TPSA) is 68.8 Å². The molecule has 2 aromatic rings. The highest BCUT2D eigenvalue weighted by molar-refractivity contribution is 5.65. The van der Waals surface area contributed by atoms with E-state index in [9.17, 15) is 0 Å². The SMILES string of the molecule is CC(C)(C)n1nc(C2CC2)c(CN2CCN(c3cccc4c3OCCO4)CC2)c1N. The van der Waals surface area contributed by atoms with E-state index in [4.69, 9.17) is 20.3 Å². The Morgan fingerprint density at radius 3 is 2.50 bits per heavy atom. The lowest BCUT2D eigenvalue weighted by atomic mass is 10.1. The number of hydrogen-bond acceptors (Lipinski definition) is 6. The number of anilines is 2. The molecule has 2 N–H and O–H groups in total. The number of nitrogens with zero attached hydrogens (tertiary/aromatic N) is 4. The lowest BCUT2D eigenvalue weighted by Gasteiger charge is -2.37. The fourth-order valence-corrected chi connectivity index (χ4v) is 4.52. The molecule has 0 atom stereocenters. The van der Waals surface area contributed by atoms with Crippen molar-refractivity contribution in [3.63, 3.8) is 0 Å². The van der Waals surface area contributed by atoms with Gasteiger partial charge in [-0.25, -0.2) is 4.68 Å². The van der Waals surface area contributed by atoms with Gasteiger partial charge in [-0.05, 0) is 45.7 Å². The number of benzene rings is 1. The van der Waals surface area contributed by atoms with Crippen LogP contribution in [0.15, 0.2) is 18.2 Å². The van der Waals surface area contributed by atoms with Gasteiger partial charge in [-0.1, -0.05) is 6.07 Å². The van der Waals surface area contributed by atoms with E-state index in [1.807, 2.05) is 10.7 Å². The van der Waals surface area contributed by atoms with Gasteiger partial charge in [0.25, 0.3) is 0 Å². The van der Waals surface area contributed by atoms with Crippen LogP contribution in [-0.4, -0.2) is 54.1 Å². The zero-order valence-corrected chi connectivity index (χ0v) is 18.4. The molecule has 0 amide bonds. The van der Waals surface area contributed by atoms with Crippen LogP contribution < -0.4 is 20.1 Å². The lowest BCUT2D eigenvalue weighted by molar-refractivity contribution is 0.171. The van der Waals surface area contributed by atoms with Gasteiger partial charge in [-0.2, -0.15) is 5.10 Å². The van der Waals surface area contributed by atoms with Crippen molar-refractivity contribution >= 4 is 11.5 Å². The maximum Gasteiger partial charge on any atom is 0.184 e. The Labute approximate surface area is 178 Å². The molecule has 3 heterocycles. The number of piperazine rings is 1. The largest absolute Gasteiger partial charge is 0.486 e. The molecule has 30 heavy (non-hydrogen) atoms. The summed E-state index contributed by atoms with van der Waals surface area (Å²) in [4.78, 5) is 4.92. The molecule has 7 heteroatoms. The highest BCUT2D eigenvalue weighted by atomic mass is 16.6. The van der Waals surface area contributed by atoms with E-state index in [-0.39, 0.29) is 5.54 Å². The third-order valence-electron chi connectivity index (χ3n) is 6.29. The van der Waals surface area contributed by atoms with Crippen molar-refractivity contribution in [2.75, 3.05) is 50.0 Å². The highest BCUT2D eigenvalue weighted by Crippen LogP contribution is 2.44. The molecule has 1 aliphatic carbocycles. The maximum absolute atomic E-state index is 6.60. The number of nitrogens with two attached hydrogens (primary N) is 1. The number of fused-ring (bicyclic) bond motifs is 1. The normalized spacial score (nSPS) is 19.9. The van der Waals surface area contributed by atoms with Crippen LogP contribution in [0.5, 0.6) is 11.5 Å². The minimum Gasteiger partial charge on any atom is -0.486 e. The Hall–Kier alpha value is -2.41. The Morgan fingerprint density at radius 2 is 1.80 bits per heavy atom. The maximum atomic E-state index is 6.60. The molecular formula is C23H33N5O2. The summed E-state index contributed by atoms with van der Waals surface area (Å²) in [5.41, 5.74) is 10.1. The van der Waals surface area contributed by atoms with Crippen molar-refractivity contribution in [3.05, 3.63) is 29.5 Å². The summed E-state index contributed by atoms with van der Waals surface area (Å²) in [6, 6.07) is 6.18. The molecule has 3 aliphatic rings. The van der Waals surface area contributed by atoms with E-state index in [0.717, 1.165) is 55.7 Å². The molecule has 162 valence electrons. The number of nitrogen functional groups attached to an aromatic ring is 1. The van der Waals surface area contributed by atoms with Gasteiger partial charge in [0.15, 0.2) is 11.5 Å². The Balaban J connectivity index is 1.30. The molecule has 0 bridgehead atoms. The first kappa shape index (κ1) is 19.5. The van der Waals surface area contributed by atoms with Gasteiger partial charge < -0.3 is 20.1 Å². The summed E-state index contributed by atoms with van der Waals surface area (Å²) < 4.78 is 13.7. The molecule has 0 unspecified atom stereocenters. The highest BCUT2D eigenvalue weighted by Gasteiger charge is 2.34. The Kier molecular flexibility index (Phi) is 4.81. The van der Waals surface area contributed by atoms with Crippen LogP contribution >= 0.6 is 0 Å². The van der Waals surface area contributed by atoms with Gasteiger partial charge in [0.2, 0.25) is 0 Å². The molecule has 1 saturated heterocycles. The fourth-order valence-electron chi connectivity index (χ4n) is 4.52. The van der Waals surface area contributed by atoms with Crippen molar-refractivity contribution in [2.24, 2.45) is 0 Å². The molecule has 2 aliphatic heterocycles. The minimum absolute atomic E-state index is 0.0981. The monoisotopic (exact) mass is 411 g/mol. The van der Waals surface area contributed by atoms with Crippen molar-refractivity contribution in [1.82, 2.24) is 14.7 Å². The first-order valence-corrected chi connectivity index (χ1v) is 11.2. The summed E-state index contributed by atoms with van der Waals surface area (Å²) in [6.07, 6.45) is 2.48. The van der Waals surface area contributed by atoms with Crippen molar-refractivity contribution in [2.45, 2.75) is 51.6 Å². The molecule has 2 fully saturated rings. The number of para-hydroxylation sites is 1. The average molecular weight is 412 g/mol. The molecule has 1 aromatic heterocycles. The molecule has 1 aromatic carbocycles. The predicted octanol–water partition coefficient (Wildman–Crippen LogP) is 3.19. The van der Waals surface area contributed by atoms with Crippen molar-refractivity contribution in [3.8, 4) is 11.5 Å². The Bertz CT molecular complexity index is 920. The smallest absolute Gasteiger partial charge is 0.184 e. The first-order chi connectivity index (χ1) is 14.4. The number of aromatic nitrogens is 2. The van der Waals surface area contributed by atoms with Gasteiger partial charge in [0, 0.05) is 44.2 Å². The van der Waals surface area contributed by atoms with Gasteiger partial charge in [-0.3, -0.25) is 4.90 Å². The lowest BCUT2D eigenvalue weighted by Crippen LogP contribution is -2.46. The average Bonchev–Trinajstić information content (AvgIpc) is 3.52. The molecular weight excluding hydrogens is 378 g/mol. The zero-order valence-electron chi connectivity index (χ0n) is 18.4. The summed E-state index contributed by atoms with van der Waals surface area (Å²) in [6.45, 7) is 12.5. The summed E-state index contributed by atoms with van der Waals surface area (Å²) >= 11 is 0. The summed E-state index contributed by atoms with van der Waals surface area (Å²) in [7, 11) is 0. The molecule has 0 spiro atoms. The molecule has 0 radical (unpaired) electrons. The minimum atomic E-state index is -0.0981. The van der Waals surface area contributed by atoms with Crippen molar-refractivity contribution in [1.29, 1.82) is 0 Å². The second kappa shape index (κ2) is 7.38. The predicted molar refractivity (Wildman–Crippen MR) is 119 cm³/mol. The van der Waals surface area contributed by atoms with Gasteiger partial charge in [-0.15, -0.1) is 0 Å². The molecule has 1 saturated carbocycles. The van der Waals surface area contributed by atoms with Crippen LogP contribution in [0.2, 0.25) is 0 Å². The van der Waals surface area contributed by atoms with Crippen LogP contribution in [0.1, 0.15) is 50.8 Å². The van der Waals surface area contributed by atoms with E-state index in [1.165, 1.54) is 24.1 Å². The quantitative estimate of drug-likeness (QED) is 0.833. The summed E-state index contributed by atoms with van der Waals surface area (Å²) in [5, 5.41) is 4.94. The van der Waals surface area contributed by atoms with Crippen LogP contribution in [-0.2, 0) is 12.1 Å². The van der Waals surface area contributed by atoms with Gasteiger partial charge in [0.1, 0.15) is 19.0 Å². The third-order valence-corrected chi connectivity index (χ3v) is 6.29. The van der Waals surface area contributed by atoms with Gasteiger partial charge in [0.05, 0.1) is 16.9 Å². The van der Waals surface area contributed by atoms with E-state index in [2.05, 4.69) is 42.7 Å².